The Morgan fingerprint density at radius 1 is 0.355 bits per heavy atom. The fraction of sp³-hybridized carbons (Fsp3) is 0.364. The fourth-order valence-electron chi connectivity index (χ4n) is 9.78. The molecule has 0 atom stereocenters. The zero-order valence-electron chi connectivity index (χ0n) is 66.5. The van der Waals surface area contributed by atoms with Crippen LogP contribution in [0.1, 0.15) is 120 Å². The molecule has 19 heteroatoms. The van der Waals surface area contributed by atoms with Crippen LogP contribution in [0.25, 0.3) is 0 Å². The van der Waals surface area contributed by atoms with Crippen molar-refractivity contribution < 1.29 is 18.6 Å². The zero-order valence-corrected chi connectivity index (χ0v) is 67.3. The molecule has 11 aromatic rings. The first kappa shape index (κ1) is 89.1. The van der Waals surface area contributed by atoms with E-state index in [9.17, 15) is 4.39 Å². The van der Waals surface area contributed by atoms with Crippen LogP contribution < -0.4 is 28.9 Å². The van der Waals surface area contributed by atoms with Crippen molar-refractivity contribution in [2.24, 2.45) is 0 Å². The molecule has 0 bridgehead atoms. The summed E-state index contributed by atoms with van der Waals surface area (Å²) in [6.45, 7) is 36.9. The molecule has 0 amide bonds. The average molecular weight is 1470 g/mol. The van der Waals surface area contributed by atoms with Crippen molar-refractivity contribution >= 4 is 29.1 Å². The number of likely N-dealkylation sites (N-methyl/N-ethyl adjacent to an activating group) is 1. The minimum Gasteiger partial charge on any atom is -0.496 e. The van der Waals surface area contributed by atoms with E-state index in [1.165, 1.54) is 98.6 Å². The number of pyridine rings is 6. The van der Waals surface area contributed by atoms with E-state index in [4.69, 9.17) is 25.8 Å². The number of para-hydroxylation sites is 1. The predicted octanol–water partition coefficient (Wildman–Crippen LogP) is 19.5. The molecule has 0 unspecified atom stereocenters. The predicted molar refractivity (Wildman–Crippen MR) is 441 cm³/mol. The van der Waals surface area contributed by atoms with Crippen molar-refractivity contribution in [1.82, 2.24) is 54.7 Å². The molecule has 0 N–H and O–H groups in total. The molecule has 8 aromatic heterocycles. The lowest BCUT2D eigenvalue weighted by Gasteiger charge is -2.33. The normalized spacial score (nSPS) is 12.5. The quantitative estimate of drug-likeness (QED) is 0.147. The van der Waals surface area contributed by atoms with E-state index in [1.54, 1.807) is 89.0 Å². The molecule has 3 saturated heterocycles. The number of hydrogen-bond acceptors (Lipinski definition) is 17. The van der Waals surface area contributed by atoms with Crippen molar-refractivity contribution in [1.29, 1.82) is 0 Å². The molecular weight excluding hydrogens is 1360 g/mol. The third kappa shape index (κ3) is 40.7. The van der Waals surface area contributed by atoms with Gasteiger partial charge >= 0.3 is 0 Å². The minimum atomic E-state index is -0.132. The standard InChI is InChI=1S/C11H17N3.2C11H16N2.C9H13NO.C8H10O.C7H7F.C7H9NO.C7H8.C6H6ClN.C6H8N2.C5H6N2/c1-10-3-4-11(12-9-10)14-7-5-13(2)6-8-14;2*1-10-5-6-11(12-9-10)13-7-3-2-4-8-13;1-7(2)11-9-5-4-8(3)6-10-9;1-7-5-3-4-6-8(7)9-2;1-6-4-2-3-5-7(6)8;1-6-3-4-7(9-2)8-5-6;1-7-5-3-2-4-6-7;1-5-2-6(7)4-8-3-5;1-5-3-8-6(2)4-7-5;1-5-4-6-2-3-7-5/h3-4,9H,5-8H2,1-2H3;2*5-6,9H,2-4,7-8H2,1H3;4-7H,1-3H3;3-6H,1-2H3;2-5H,1H3;3-5H,1-2H3;2-6H,1H3;2-4H,1H3;3-4H,1-2H3;2-4H,1H3. The number of methoxy groups -OCH3 is 2. The Balaban J connectivity index is 0.000000251. The van der Waals surface area contributed by atoms with Gasteiger partial charge in [-0.1, -0.05) is 114 Å². The van der Waals surface area contributed by atoms with Gasteiger partial charge in [-0.25, -0.2) is 29.3 Å². The van der Waals surface area contributed by atoms with Crippen molar-refractivity contribution in [2.45, 2.75) is 142 Å². The number of rotatable bonds is 7. The van der Waals surface area contributed by atoms with E-state index < -0.39 is 0 Å². The van der Waals surface area contributed by atoms with Gasteiger partial charge in [-0.3, -0.25) is 24.9 Å². The van der Waals surface area contributed by atoms with E-state index >= 15 is 0 Å². The summed E-state index contributed by atoms with van der Waals surface area (Å²) in [7, 11) is 5.46. The maximum Gasteiger partial charge on any atom is 0.213 e. The Labute approximate surface area is 644 Å². The maximum atomic E-state index is 12.3. The number of hydrogen-bond donors (Lipinski definition) is 0. The van der Waals surface area contributed by atoms with Crippen LogP contribution in [0.5, 0.6) is 17.5 Å². The Morgan fingerprint density at radius 3 is 1.09 bits per heavy atom. The maximum absolute atomic E-state index is 12.3. The largest absolute Gasteiger partial charge is 0.496 e. The summed E-state index contributed by atoms with van der Waals surface area (Å²) in [6, 6.07) is 47.2. The second-order valence-electron chi connectivity index (χ2n) is 26.4. The average Bonchev–Trinajstić information content (AvgIpc) is 0.873. The molecule has 11 heterocycles. The lowest BCUT2D eigenvalue weighted by Crippen LogP contribution is -2.44. The van der Waals surface area contributed by atoms with Gasteiger partial charge in [0.1, 0.15) is 29.0 Å². The van der Waals surface area contributed by atoms with Crippen LogP contribution in [0, 0.1) is 88.9 Å². The van der Waals surface area contributed by atoms with E-state index in [-0.39, 0.29) is 11.9 Å². The second-order valence-corrected chi connectivity index (χ2v) is 26.8. The zero-order chi connectivity index (χ0) is 78.0. The molecule has 570 valence electrons. The van der Waals surface area contributed by atoms with Crippen LogP contribution in [0.2, 0.25) is 5.02 Å². The van der Waals surface area contributed by atoms with Gasteiger partial charge in [-0.05, 0) is 223 Å². The van der Waals surface area contributed by atoms with Crippen LogP contribution in [0.4, 0.5) is 21.8 Å². The molecule has 0 radical (unpaired) electrons. The highest BCUT2D eigenvalue weighted by Crippen LogP contribution is 2.20. The summed E-state index contributed by atoms with van der Waals surface area (Å²) in [6.07, 6.45) is 29.6. The first-order valence-corrected chi connectivity index (χ1v) is 37.0. The third-order valence-corrected chi connectivity index (χ3v) is 16.2. The van der Waals surface area contributed by atoms with Crippen molar-refractivity contribution in [3.05, 3.63) is 298 Å². The molecule has 107 heavy (non-hydrogen) atoms. The summed E-state index contributed by atoms with van der Waals surface area (Å²) in [5.41, 5.74) is 13.2. The SMILES string of the molecule is COc1ccc(C)cn1.COc1ccccc1C.Cc1ccc(N2CCCCC2)nc1.Cc1ccc(N2CCCCC2)nc1.Cc1ccc(N2CCN(C)CC2)nc1.Cc1ccc(OC(C)C)nc1.Cc1ccccc1.Cc1ccccc1F.Cc1cnc(C)cn1.Cc1cncc(Cl)c1.Cc1cnccn1. The monoisotopic (exact) mass is 1470 g/mol. The van der Waals surface area contributed by atoms with Gasteiger partial charge in [0.05, 0.1) is 42.4 Å². The van der Waals surface area contributed by atoms with Gasteiger partial charge in [0.15, 0.2) is 0 Å². The number of nitrogens with zero attached hydrogens (tertiary/aromatic N) is 14. The van der Waals surface area contributed by atoms with Crippen LogP contribution in [-0.2, 0) is 0 Å². The van der Waals surface area contributed by atoms with Gasteiger partial charge < -0.3 is 33.8 Å². The van der Waals surface area contributed by atoms with Crippen molar-refractivity contribution in [3.63, 3.8) is 0 Å². The third-order valence-electron chi connectivity index (χ3n) is 16.0. The number of aryl methyl sites for hydroxylation is 12. The number of halogens is 2. The molecule has 3 fully saturated rings. The highest BCUT2D eigenvalue weighted by atomic mass is 35.5. The van der Waals surface area contributed by atoms with E-state index in [0.29, 0.717) is 22.3 Å². The molecule has 17 nitrogen and oxygen atoms in total. The van der Waals surface area contributed by atoms with E-state index in [0.717, 1.165) is 83.2 Å². The molecular formula is C88H116ClFN14O3. The second kappa shape index (κ2) is 52.6. The Bertz CT molecular complexity index is 3880. The molecule has 3 aliphatic heterocycles. The molecule has 0 spiro atoms. The van der Waals surface area contributed by atoms with Crippen LogP contribution in [0.15, 0.2) is 220 Å². The van der Waals surface area contributed by atoms with Crippen molar-refractivity contribution in [2.75, 3.05) is 88.3 Å². The summed E-state index contributed by atoms with van der Waals surface area (Å²) >= 11 is 5.58. The van der Waals surface area contributed by atoms with Gasteiger partial charge in [-0.2, -0.15) is 0 Å². The number of piperidine rings is 2. The van der Waals surface area contributed by atoms with E-state index in [2.05, 4.69) is 153 Å². The van der Waals surface area contributed by atoms with Gasteiger partial charge in [0.25, 0.3) is 0 Å². The van der Waals surface area contributed by atoms with Gasteiger partial charge in [-0.15, -0.1) is 0 Å². The topological polar surface area (TPSA) is 170 Å². The van der Waals surface area contributed by atoms with E-state index in [1.807, 2.05) is 160 Å². The van der Waals surface area contributed by atoms with Crippen LogP contribution in [0.3, 0.4) is 0 Å². The van der Waals surface area contributed by atoms with Crippen LogP contribution >= 0.6 is 11.6 Å². The number of benzene rings is 3. The lowest BCUT2D eigenvalue weighted by molar-refractivity contribution is 0.232. The number of ether oxygens (including phenoxy) is 3. The first-order chi connectivity index (χ1) is 51.5. The van der Waals surface area contributed by atoms with Crippen molar-refractivity contribution in [3.8, 4) is 17.5 Å². The number of aromatic nitrogens is 10. The number of piperazine rings is 1. The first-order valence-electron chi connectivity index (χ1n) is 36.6. The summed E-state index contributed by atoms with van der Waals surface area (Å²) in [5, 5.41) is 0.699. The number of anilines is 3. The molecule has 3 aliphatic rings. The molecule has 3 aromatic carbocycles. The minimum absolute atomic E-state index is 0.132. The smallest absolute Gasteiger partial charge is 0.213 e. The highest BCUT2D eigenvalue weighted by molar-refractivity contribution is 6.30. The Morgan fingerprint density at radius 2 is 0.785 bits per heavy atom. The van der Waals surface area contributed by atoms with Crippen LogP contribution in [-0.4, -0.2) is 134 Å². The lowest BCUT2D eigenvalue weighted by atomic mass is 10.1. The highest BCUT2D eigenvalue weighted by Gasteiger charge is 2.15. The Hall–Kier alpha value is -10.3. The summed E-state index contributed by atoms with van der Waals surface area (Å²) in [5.74, 6) is 5.59. The molecule has 0 aliphatic carbocycles. The fourth-order valence-corrected chi connectivity index (χ4v) is 10.0. The molecule has 0 saturated carbocycles. The Kier molecular flexibility index (Phi) is 43.8. The summed E-state index contributed by atoms with van der Waals surface area (Å²) in [4.78, 5) is 50.4. The molecule has 14 rings (SSSR count). The van der Waals surface area contributed by atoms with Gasteiger partial charge in [0.2, 0.25) is 11.8 Å². The van der Waals surface area contributed by atoms with Gasteiger partial charge in [0, 0.05) is 139 Å². The summed E-state index contributed by atoms with van der Waals surface area (Å²) < 4.78 is 27.6.